The fourth-order valence-electron chi connectivity index (χ4n) is 3.01. The van der Waals surface area contributed by atoms with Gasteiger partial charge >= 0.3 is 6.61 Å². The van der Waals surface area contributed by atoms with Crippen molar-refractivity contribution in [3.05, 3.63) is 53.6 Å². The van der Waals surface area contributed by atoms with Crippen LogP contribution in [0.2, 0.25) is 0 Å². The topological polar surface area (TPSA) is 64.1 Å². The summed E-state index contributed by atoms with van der Waals surface area (Å²) >= 11 is 0. The van der Waals surface area contributed by atoms with Crippen molar-refractivity contribution in [2.24, 2.45) is 4.99 Å². The Morgan fingerprint density at radius 1 is 1.25 bits per heavy atom. The van der Waals surface area contributed by atoms with Crippen LogP contribution < -0.4 is 24.8 Å². The largest absolute Gasteiger partial charge is 0.497 e. The molecule has 1 heterocycles. The number of para-hydroxylation sites is 1. The highest BCUT2D eigenvalue weighted by atomic mass is 19.3. The van der Waals surface area contributed by atoms with Gasteiger partial charge in [-0.15, -0.1) is 0 Å². The van der Waals surface area contributed by atoms with Gasteiger partial charge in [-0.3, -0.25) is 4.99 Å². The number of hydrogen-bond acceptors (Lipinski definition) is 4. The maximum absolute atomic E-state index is 12.6. The van der Waals surface area contributed by atoms with Gasteiger partial charge in [0.25, 0.3) is 0 Å². The smallest absolute Gasteiger partial charge is 0.387 e. The lowest BCUT2D eigenvalue weighted by Crippen LogP contribution is -2.42. The third kappa shape index (κ3) is 5.03. The summed E-state index contributed by atoms with van der Waals surface area (Å²) in [7, 11) is 3.15. The minimum Gasteiger partial charge on any atom is -0.497 e. The summed E-state index contributed by atoms with van der Waals surface area (Å²) in [5.74, 6) is 2.08. The van der Waals surface area contributed by atoms with E-state index in [4.69, 9.17) is 9.47 Å². The van der Waals surface area contributed by atoms with Crippen LogP contribution >= 0.6 is 0 Å². The molecule has 0 spiro atoms. The van der Waals surface area contributed by atoms with Gasteiger partial charge in [0.05, 0.1) is 13.7 Å². The van der Waals surface area contributed by atoms with E-state index in [-0.39, 0.29) is 18.4 Å². The molecule has 0 radical (unpaired) electrons. The molecular formula is C20H23F2N3O3. The van der Waals surface area contributed by atoms with Gasteiger partial charge in [0, 0.05) is 25.6 Å². The van der Waals surface area contributed by atoms with Gasteiger partial charge in [0.15, 0.2) is 5.96 Å². The molecule has 0 bridgehead atoms. The lowest BCUT2D eigenvalue weighted by atomic mass is 10.1. The van der Waals surface area contributed by atoms with Gasteiger partial charge in [0.1, 0.15) is 23.4 Å². The first-order valence-corrected chi connectivity index (χ1v) is 8.90. The molecule has 2 aromatic carbocycles. The van der Waals surface area contributed by atoms with Gasteiger partial charge < -0.3 is 24.8 Å². The second kappa shape index (κ2) is 9.25. The number of ether oxygens (including phenoxy) is 3. The van der Waals surface area contributed by atoms with Crippen LogP contribution in [0.1, 0.15) is 11.1 Å². The Hall–Kier alpha value is -3.03. The van der Waals surface area contributed by atoms with Gasteiger partial charge in [-0.05, 0) is 29.8 Å². The van der Waals surface area contributed by atoms with E-state index in [0.29, 0.717) is 23.8 Å². The number of hydrogen-bond donors (Lipinski definition) is 2. The van der Waals surface area contributed by atoms with Crippen molar-refractivity contribution < 1.29 is 23.0 Å². The zero-order valence-corrected chi connectivity index (χ0v) is 15.7. The fourth-order valence-corrected chi connectivity index (χ4v) is 3.01. The summed E-state index contributed by atoms with van der Waals surface area (Å²) in [6.07, 6.45) is 0.827. The lowest BCUT2D eigenvalue weighted by molar-refractivity contribution is -0.0505. The van der Waals surface area contributed by atoms with Crippen molar-refractivity contribution in [2.75, 3.05) is 20.7 Å². The van der Waals surface area contributed by atoms with E-state index in [1.807, 2.05) is 18.2 Å². The molecule has 6 nitrogen and oxygen atoms in total. The van der Waals surface area contributed by atoms with Crippen LogP contribution in [-0.2, 0) is 13.0 Å². The van der Waals surface area contributed by atoms with E-state index in [9.17, 15) is 8.78 Å². The number of nitrogens with zero attached hydrogens (tertiary/aromatic N) is 1. The van der Waals surface area contributed by atoms with E-state index in [0.717, 1.165) is 12.2 Å². The maximum atomic E-state index is 12.6. The van der Waals surface area contributed by atoms with E-state index in [1.165, 1.54) is 18.7 Å². The SMILES string of the molecule is CN=C(NCc1cc(OC)ccc1OC(F)F)NCC1Cc2ccccc2O1. The Balaban J connectivity index is 1.56. The number of fused-ring (bicyclic) bond motifs is 1. The summed E-state index contributed by atoms with van der Waals surface area (Å²) in [6, 6.07) is 12.6. The van der Waals surface area contributed by atoms with Crippen molar-refractivity contribution in [2.45, 2.75) is 25.7 Å². The molecule has 2 N–H and O–H groups in total. The van der Waals surface area contributed by atoms with Crippen molar-refractivity contribution in [1.29, 1.82) is 0 Å². The van der Waals surface area contributed by atoms with Crippen LogP contribution in [0.4, 0.5) is 8.78 Å². The second-order valence-electron chi connectivity index (χ2n) is 6.21. The Morgan fingerprint density at radius 2 is 2.07 bits per heavy atom. The standard InChI is InChI=1S/C20H23F2N3O3/c1-23-20(25-12-16-9-13-5-3-4-6-17(13)27-16)24-11-14-10-15(26-2)7-8-18(14)28-19(21)22/h3-8,10,16,19H,9,11-12H2,1-2H3,(H2,23,24,25). The summed E-state index contributed by atoms with van der Waals surface area (Å²) in [5, 5.41) is 6.30. The van der Waals surface area contributed by atoms with Gasteiger partial charge in [-0.1, -0.05) is 18.2 Å². The number of halogens is 2. The average molecular weight is 391 g/mol. The molecule has 0 saturated carbocycles. The van der Waals surface area contributed by atoms with Crippen LogP contribution in [0.25, 0.3) is 0 Å². The van der Waals surface area contributed by atoms with Crippen molar-refractivity contribution >= 4 is 5.96 Å². The third-order valence-electron chi connectivity index (χ3n) is 4.36. The Morgan fingerprint density at radius 3 is 2.79 bits per heavy atom. The molecule has 0 aromatic heterocycles. The molecule has 0 saturated heterocycles. The van der Waals surface area contributed by atoms with Crippen LogP contribution in [0, 0.1) is 0 Å². The van der Waals surface area contributed by atoms with Crippen LogP contribution in [0.15, 0.2) is 47.5 Å². The minimum atomic E-state index is -2.90. The monoisotopic (exact) mass is 391 g/mol. The summed E-state index contributed by atoms with van der Waals surface area (Å²) in [5.41, 5.74) is 1.72. The lowest BCUT2D eigenvalue weighted by Gasteiger charge is -2.17. The van der Waals surface area contributed by atoms with Crippen molar-refractivity contribution in [1.82, 2.24) is 10.6 Å². The van der Waals surface area contributed by atoms with Gasteiger partial charge in [-0.25, -0.2) is 0 Å². The Bertz CT molecular complexity index is 805. The summed E-state index contributed by atoms with van der Waals surface area (Å²) < 4.78 is 40.9. The average Bonchev–Trinajstić information content (AvgIpc) is 3.11. The first kappa shape index (κ1) is 19.7. The van der Waals surface area contributed by atoms with Crippen LogP contribution in [0.5, 0.6) is 17.2 Å². The molecule has 0 fully saturated rings. The Kier molecular flexibility index (Phi) is 6.52. The molecule has 0 aliphatic carbocycles. The molecule has 1 aliphatic heterocycles. The quantitative estimate of drug-likeness (QED) is 0.561. The number of methoxy groups -OCH3 is 1. The second-order valence-corrected chi connectivity index (χ2v) is 6.21. The highest BCUT2D eigenvalue weighted by molar-refractivity contribution is 5.79. The third-order valence-corrected chi connectivity index (χ3v) is 4.36. The summed E-state index contributed by atoms with van der Waals surface area (Å²) in [6.45, 7) is -2.09. The van der Waals surface area contributed by atoms with E-state index in [2.05, 4.69) is 26.4 Å². The molecule has 28 heavy (non-hydrogen) atoms. The highest BCUT2D eigenvalue weighted by Gasteiger charge is 2.22. The molecule has 2 aromatic rings. The number of rotatable bonds is 7. The van der Waals surface area contributed by atoms with E-state index < -0.39 is 6.61 Å². The number of guanidine groups is 1. The fraction of sp³-hybridized carbons (Fsp3) is 0.350. The predicted octanol–water partition coefficient (Wildman–Crippen LogP) is 2.97. The molecule has 1 aliphatic rings. The normalized spacial score (nSPS) is 15.8. The minimum absolute atomic E-state index is 0.00509. The number of benzene rings is 2. The molecule has 8 heteroatoms. The first-order valence-electron chi connectivity index (χ1n) is 8.90. The highest BCUT2D eigenvalue weighted by Crippen LogP contribution is 2.28. The number of nitrogens with one attached hydrogen (secondary N) is 2. The molecule has 150 valence electrons. The molecule has 0 amide bonds. The molecule has 3 rings (SSSR count). The maximum Gasteiger partial charge on any atom is 0.387 e. The zero-order valence-electron chi connectivity index (χ0n) is 15.7. The number of aliphatic imine (C=N–C) groups is 1. The van der Waals surface area contributed by atoms with E-state index in [1.54, 1.807) is 19.2 Å². The molecular weight excluding hydrogens is 368 g/mol. The summed E-state index contributed by atoms with van der Waals surface area (Å²) in [4.78, 5) is 4.17. The van der Waals surface area contributed by atoms with Crippen LogP contribution in [0.3, 0.4) is 0 Å². The van der Waals surface area contributed by atoms with E-state index >= 15 is 0 Å². The predicted molar refractivity (Wildman–Crippen MR) is 102 cm³/mol. The molecule has 1 atom stereocenters. The first-order chi connectivity index (χ1) is 13.6. The zero-order chi connectivity index (χ0) is 19.9. The van der Waals surface area contributed by atoms with Gasteiger partial charge in [0.2, 0.25) is 0 Å². The Labute approximate surface area is 162 Å². The van der Waals surface area contributed by atoms with Crippen molar-refractivity contribution in [3.8, 4) is 17.2 Å². The van der Waals surface area contributed by atoms with Crippen molar-refractivity contribution in [3.63, 3.8) is 0 Å². The van der Waals surface area contributed by atoms with Crippen LogP contribution in [-0.4, -0.2) is 39.4 Å². The number of alkyl halides is 2. The van der Waals surface area contributed by atoms with Gasteiger partial charge in [-0.2, -0.15) is 8.78 Å². The molecule has 1 unspecified atom stereocenters.